The average molecular weight is 300 g/mol. The van der Waals surface area contributed by atoms with Gasteiger partial charge in [0, 0.05) is 25.3 Å². The van der Waals surface area contributed by atoms with Crippen molar-refractivity contribution in [2.75, 3.05) is 18.5 Å². The van der Waals surface area contributed by atoms with Crippen molar-refractivity contribution in [3.05, 3.63) is 16.5 Å². The van der Waals surface area contributed by atoms with Gasteiger partial charge in [0.05, 0.1) is 0 Å². The van der Waals surface area contributed by atoms with Gasteiger partial charge in [-0.15, -0.1) is 0 Å². The minimum atomic E-state index is 0.417. The molecular formula is C12H18BrN3O. The lowest BCUT2D eigenvalue weighted by Crippen LogP contribution is -2.31. The molecule has 94 valence electrons. The molecule has 1 aromatic heterocycles. The van der Waals surface area contributed by atoms with Gasteiger partial charge in [-0.25, -0.2) is 9.97 Å². The van der Waals surface area contributed by atoms with Crippen LogP contribution in [0.2, 0.25) is 0 Å². The van der Waals surface area contributed by atoms with Crippen LogP contribution in [0.4, 0.5) is 5.82 Å². The van der Waals surface area contributed by atoms with Crippen LogP contribution in [0.3, 0.4) is 0 Å². The standard InChI is InChI=1S/C12H18BrN3O/c1-8(10-3-5-17-6-4-10)14-12-7-11(13)15-9(2)16-12/h7-8,10H,3-6H2,1-2H3,(H,14,15,16). The molecule has 0 amide bonds. The fourth-order valence-corrected chi connectivity index (χ4v) is 2.65. The molecule has 2 heterocycles. The van der Waals surface area contributed by atoms with Gasteiger partial charge in [0.25, 0.3) is 0 Å². The van der Waals surface area contributed by atoms with E-state index in [0.717, 1.165) is 42.3 Å². The summed E-state index contributed by atoms with van der Waals surface area (Å²) in [6.07, 6.45) is 2.25. The van der Waals surface area contributed by atoms with Crippen molar-refractivity contribution in [3.63, 3.8) is 0 Å². The molecular weight excluding hydrogens is 282 g/mol. The average Bonchev–Trinajstić information content (AvgIpc) is 2.28. The second kappa shape index (κ2) is 5.78. The third-order valence-electron chi connectivity index (χ3n) is 3.16. The summed E-state index contributed by atoms with van der Waals surface area (Å²) in [4.78, 5) is 8.58. The van der Waals surface area contributed by atoms with Crippen molar-refractivity contribution in [2.24, 2.45) is 5.92 Å². The Hall–Kier alpha value is -0.680. The smallest absolute Gasteiger partial charge is 0.131 e. The SMILES string of the molecule is Cc1nc(Br)cc(NC(C)C2CCOCC2)n1. The normalized spacial score (nSPS) is 19.0. The van der Waals surface area contributed by atoms with Crippen molar-refractivity contribution in [3.8, 4) is 0 Å². The monoisotopic (exact) mass is 299 g/mol. The molecule has 0 saturated carbocycles. The zero-order chi connectivity index (χ0) is 12.3. The molecule has 2 rings (SSSR count). The Balaban J connectivity index is 1.99. The largest absolute Gasteiger partial charge is 0.381 e. The highest BCUT2D eigenvalue weighted by Gasteiger charge is 2.20. The Morgan fingerprint density at radius 2 is 2.12 bits per heavy atom. The number of hydrogen-bond acceptors (Lipinski definition) is 4. The molecule has 1 N–H and O–H groups in total. The number of aromatic nitrogens is 2. The number of anilines is 1. The van der Waals surface area contributed by atoms with Crippen LogP contribution in [-0.4, -0.2) is 29.2 Å². The van der Waals surface area contributed by atoms with E-state index in [9.17, 15) is 0 Å². The Morgan fingerprint density at radius 3 is 2.76 bits per heavy atom. The molecule has 1 aliphatic rings. The Morgan fingerprint density at radius 1 is 1.41 bits per heavy atom. The maximum Gasteiger partial charge on any atom is 0.131 e. The van der Waals surface area contributed by atoms with Crippen molar-refractivity contribution in [1.82, 2.24) is 9.97 Å². The fourth-order valence-electron chi connectivity index (χ4n) is 2.17. The van der Waals surface area contributed by atoms with Gasteiger partial charge in [-0.1, -0.05) is 0 Å². The van der Waals surface area contributed by atoms with Crippen LogP contribution >= 0.6 is 15.9 Å². The number of hydrogen-bond donors (Lipinski definition) is 1. The number of nitrogens with one attached hydrogen (secondary N) is 1. The Labute approximate surface area is 110 Å². The van der Waals surface area contributed by atoms with Crippen molar-refractivity contribution in [1.29, 1.82) is 0 Å². The first-order valence-corrected chi connectivity index (χ1v) is 6.80. The summed E-state index contributed by atoms with van der Waals surface area (Å²) in [5.41, 5.74) is 0. The first-order chi connectivity index (χ1) is 8.15. The lowest BCUT2D eigenvalue weighted by molar-refractivity contribution is 0.0622. The lowest BCUT2D eigenvalue weighted by atomic mass is 9.93. The van der Waals surface area contributed by atoms with Crippen LogP contribution in [0.25, 0.3) is 0 Å². The quantitative estimate of drug-likeness (QED) is 0.872. The van der Waals surface area contributed by atoms with Crippen LogP contribution in [0.5, 0.6) is 0 Å². The van der Waals surface area contributed by atoms with Gasteiger partial charge >= 0.3 is 0 Å². The van der Waals surface area contributed by atoms with E-state index in [4.69, 9.17) is 4.74 Å². The van der Waals surface area contributed by atoms with E-state index in [1.165, 1.54) is 0 Å². The topological polar surface area (TPSA) is 47.0 Å². The highest BCUT2D eigenvalue weighted by Crippen LogP contribution is 2.22. The third-order valence-corrected chi connectivity index (χ3v) is 3.56. The summed E-state index contributed by atoms with van der Waals surface area (Å²) < 4.78 is 6.20. The fraction of sp³-hybridized carbons (Fsp3) is 0.667. The Bertz CT molecular complexity index is 360. The van der Waals surface area contributed by atoms with Gasteiger partial charge in [0.1, 0.15) is 16.2 Å². The summed E-state index contributed by atoms with van der Waals surface area (Å²) in [6, 6.07) is 2.34. The molecule has 0 aromatic carbocycles. The number of nitrogens with zero attached hydrogens (tertiary/aromatic N) is 2. The molecule has 1 atom stereocenters. The van der Waals surface area contributed by atoms with E-state index in [2.05, 4.69) is 38.1 Å². The number of rotatable bonds is 3. The summed E-state index contributed by atoms with van der Waals surface area (Å²) in [7, 11) is 0. The molecule has 1 unspecified atom stereocenters. The van der Waals surface area contributed by atoms with Crippen LogP contribution in [0.1, 0.15) is 25.6 Å². The van der Waals surface area contributed by atoms with Gasteiger partial charge in [-0.2, -0.15) is 0 Å². The van der Waals surface area contributed by atoms with E-state index in [1.54, 1.807) is 0 Å². The lowest BCUT2D eigenvalue weighted by Gasteiger charge is -2.28. The van der Waals surface area contributed by atoms with Gasteiger partial charge in [-0.3, -0.25) is 0 Å². The second-order valence-electron chi connectivity index (χ2n) is 4.51. The molecule has 0 radical (unpaired) electrons. The number of halogens is 1. The zero-order valence-corrected chi connectivity index (χ0v) is 11.8. The van der Waals surface area contributed by atoms with Crippen LogP contribution in [-0.2, 0) is 4.74 Å². The van der Waals surface area contributed by atoms with Gasteiger partial charge in [0.15, 0.2) is 0 Å². The van der Waals surface area contributed by atoms with Crippen molar-refractivity contribution >= 4 is 21.7 Å². The zero-order valence-electron chi connectivity index (χ0n) is 10.2. The summed E-state index contributed by atoms with van der Waals surface area (Å²) in [5.74, 6) is 2.34. The van der Waals surface area contributed by atoms with Crippen molar-refractivity contribution in [2.45, 2.75) is 32.7 Å². The van der Waals surface area contributed by atoms with E-state index in [-0.39, 0.29) is 0 Å². The number of aryl methyl sites for hydroxylation is 1. The Kier molecular flexibility index (Phi) is 4.34. The van der Waals surface area contributed by atoms with E-state index in [0.29, 0.717) is 12.0 Å². The van der Waals surface area contributed by atoms with Gasteiger partial charge < -0.3 is 10.1 Å². The molecule has 0 spiro atoms. The second-order valence-corrected chi connectivity index (χ2v) is 5.32. The van der Waals surface area contributed by atoms with Crippen molar-refractivity contribution < 1.29 is 4.74 Å². The minimum absolute atomic E-state index is 0.417. The van der Waals surface area contributed by atoms with E-state index < -0.39 is 0 Å². The molecule has 4 nitrogen and oxygen atoms in total. The van der Waals surface area contributed by atoms with Gasteiger partial charge in [0.2, 0.25) is 0 Å². The number of ether oxygens (including phenoxy) is 1. The molecule has 1 aromatic rings. The van der Waals surface area contributed by atoms with Crippen LogP contribution < -0.4 is 5.32 Å². The molecule has 0 aliphatic carbocycles. The summed E-state index contributed by atoms with van der Waals surface area (Å²) >= 11 is 3.39. The highest BCUT2D eigenvalue weighted by molar-refractivity contribution is 9.10. The molecule has 0 bridgehead atoms. The van der Waals surface area contributed by atoms with E-state index >= 15 is 0 Å². The predicted molar refractivity (Wildman–Crippen MR) is 71.1 cm³/mol. The predicted octanol–water partition coefficient (Wildman–Crippen LogP) is 2.77. The molecule has 1 fully saturated rings. The first-order valence-electron chi connectivity index (χ1n) is 6.00. The summed E-state index contributed by atoms with van der Waals surface area (Å²) in [6.45, 7) is 5.86. The van der Waals surface area contributed by atoms with E-state index in [1.807, 2.05) is 13.0 Å². The maximum atomic E-state index is 5.38. The third kappa shape index (κ3) is 3.64. The molecule has 5 heteroatoms. The molecule has 1 aliphatic heterocycles. The maximum absolute atomic E-state index is 5.38. The minimum Gasteiger partial charge on any atom is -0.381 e. The first kappa shape index (κ1) is 12.8. The highest BCUT2D eigenvalue weighted by atomic mass is 79.9. The molecule has 1 saturated heterocycles. The van der Waals surface area contributed by atoms with Crippen LogP contribution in [0.15, 0.2) is 10.7 Å². The van der Waals surface area contributed by atoms with Crippen LogP contribution in [0, 0.1) is 12.8 Å². The summed E-state index contributed by atoms with van der Waals surface area (Å²) in [5, 5.41) is 3.46. The van der Waals surface area contributed by atoms with Gasteiger partial charge in [-0.05, 0) is 48.5 Å². The molecule has 17 heavy (non-hydrogen) atoms.